The Bertz CT molecular complexity index is 400. The van der Waals surface area contributed by atoms with Crippen LogP contribution in [0.5, 0.6) is 5.75 Å². The largest absolute Gasteiger partial charge is 0.429 e. The van der Waals surface area contributed by atoms with Gasteiger partial charge in [-0.1, -0.05) is 19.8 Å². The zero-order chi connectivity index (χ0) is 13.2. The molecule has 4 nitrogen and oxygen atoms in total. The van der Waals surface area contributed by atoms with Gasteiger partial charge in [0.2, 0.25) is 0 Å². The number of ether oxygens (including phenoxy) is 1. The maximum absolute atomic E-state index is 12.2. The van der Waals surface area contributed by atoms with Crippen LogP contribution in [0.1, 0.15) is 32.6 Å². The molecule has 1 N–H and O–H groups in total. The van der Waals surface area contributed by atoms with Gasteiger partial charge in [0.15, 0.2) is 11.6 Å². The monoisotopic (exact) mass is 259 g/mol. The van der Waals surface area contributed by atoms with Gasteiger partial charge in [-0.05, 0) is 18.3 Å². The summed E-state index contributed by atoms with van der Waals surface area (Å²) in [6.07, 6.45) is 6.25. The first-order valence-electron chi connectivity index (χ1n) is 6.21. The Morgan fingerprint density at radius 2 is 2.17 bits per heavy atom. The second-order valence-electron chi connectivity index (χ2n) is 5.27. The molecule has 0 atom stereocenters. The molecule has 1 heterocycles. The highest BCUT2D eigenvalue weighted by Gasteiger charge is 2.29. The predicted molar refractivity (Wildman–Crippen MR) is 64.9 cm³/mol. The maximum Gasteiger partial charge on any atom is 0.387 e. The summed E-state index contributed by atoms with van der Waals surface area (Å²) in [6.45, 7) is 0.129. The molecule has 1 aromatic heterocycles. The van der Waals surface area contributed by atoms with Crippen molar-refractivity contribution in [2.75, 3.05) is 11.9 Å². The van der Waals surface area contributed by atoms with Crippen molar-refractivity contribution in [3.8, 4) is 5.75 Å². The van der Waals surface area contributed by atoms with Crippen LogP contribution in [0.2, 0.25) is 0 Å². The molecule has 0 aromatic carbocycles. The second kappa shape index (κ2) is 5.12. The van der Waals surface area contributed by atoms with Crippen molar-refractivity contribution in [2.45, 2.75) is 39.2 Å². The number of aromatic nitrogens is 2. The van der Waals surface area contributed by atoms with Gasteiger partial charge in [-0.3, -0.25) is 4.68 Å². The fraction of sp³-hybridized carbons (Fsp3) is 0.750. The van der Waals surface area contributed by atoms with Crippen LogP contribution in [-0.2, 0) is 7.05 Å². The minimum atomic E-state index is -2.82. The Balaban J connectivity index is 1.99. The van der Waals surface area contributed by atoms with Gasteiger partial charge in [-0.15, -0.1) is 0 Å². The number of hydrogen-bond acceptors (Lipinski definition) is 3. The predicted octanol–water partition coefficient (Wildman–Crippen LogP) is 3.01. The lowest BCUT2D eigenvalue weighted by atomic mass is 9.89. The molecule has 6 heteroatoms. The molecule has 18 heavy (non-hydrogen) atoms. The van der Waals surface area contributed by atoms with Gasteiger partial charge in [0.05, 0.1) is 6.20 Å². The normalized spacial score (nSPS) is 18.3. The Morgan fingerprint density at radius 1 is 1.50 bits per heavy atom. The minimum Gasteiger partial charge on any atom is -0.429 e. The Kier molecular flexibility index (Phi) is 3.73. The van der Waals surface area contributed by atoms with E-state index >= 15 is 0 Å². The van der Waals surface area contributed by atoms with Crippen LogP contribution in [-0.4, -0.2) is 22.9 Å². The highest BCUT2D eigenvalue weighted by atomic mass is 19.3. The first-order valence-corrected chi connectivity index (χ1v) is 6.21. The lowest BCUT2D eigenvalue weighted by Crippen LogP contribution is -2.23. The fourth-order valence-electron chi connectivity index (χ4n) is 2.47. The standard InChI is InChI=1S/C12H19F2N3O/c1-12(5-3-4-6-12)8-15-10-9(18-11(13)14)7-17(2)16-10/h7,11H,3-6,8H2,1-2H3,(H,15,16). The van der Waals surface area contributed by atoms with E-state index in [0.717, 1.165) is 19.4 Å². The summed E-state index contributed by atoms with van der Waals surface area (Å²) < 4.78 is 30.4. The van der Waals surface area contributed by atoms with E-state index in [-0.39, 0.29) is 11.2 Å². The molecule has 0 saturated heterocycles. The van der Waals surface area contributed by atoms with Gasteiger partial charge in [-0.2, -0.15) is 13.9 Å². The molecule has 0 bridgehead atoms. The maximum atomic E-state index is 12.2. The summed E-state index contributed by atoms with van der Waals surface area (Å²) in [5.74, 6) is 0.500. The summed E-state index contributed by atoms with van der Waals surface area (Å²) in [5, 5.41) is 7.23. The number of anilines is 1. The number of halogens is 2. The zero-order valence-corrected chi connectivity index (χ0v) is 10.7. The van der Waals surface area contributed by atoms with Crippen molar-refractivity contribution in [2.24, 2.45) is 12.5 Å². The zero-order valence-electron chi connectivity index (χ0n) is 10.7. The van der Waals surface area contributed by atoms with Crippen molar-refractivity contribution in [3.05, 3.63) is 6.20 Å². The summed E-state index contributed by atoms with van der Waals surface area (Å²) >= 11 is 0. The molecule has 1 fully saturated rings. The molecule has 1 aliphatic rings. The van der Waals surface area contributed by atoms with Crippen LogP contribution in [0, 0.1) is 5.41 Å². The van der Waals surface area contributed by atoms with Gasteiger partial charge >= 0.3 is 6.61 Å². The first-order chi connectivity index (χ1) is 8.48. The second-order valence-corrected chi connectivity index (χ2v) is 5.27. The third kappa shape index (κ3) is 3.11. The number of nitrogens with one attached hydrogen (secondary N) is 1. The number of aryl methyl sites for hydroxylation is 1. The molecular formula is C12H19F2N3O. The molecule has 1 aromatic rings. The van der Waals surface area contributed by atoms with Crippen LogP contribution < -0.4 is 10.1 Å². The third-order valence-electron chi connectivity index (χ3n) is 3.50. The quantitative estimate of drug-likeness (QED) is 0.883. The molecule has 0 radical (unpaired) electrons. The Hall–Kier alpha value is -1.33. The van der Waals surface area contributed by atoms with E-state index in [9.17, 15) is 8.78 Å². The van der Waals surface area contributed by atoms with Crippen LogP contribution in [0.15, 0.2) is 6.20 Å². The van der Waals surface area contributed by atoms with Crippen molar-refractivity contribution in [3.63, 3.8) is 0 Å². The smallest absolute Gasteiger partial charge is 0.387 e. The summed E-state index contributed by atoms with van der Waals surface area (Å²) in [7, 11) is 1.68. The minimum absolute atomic E-state index is 0.106. The third-order valence-corrected chi connectivity index (χ3v) is 3.50. The van der Waals surface area contributed by atoms with Crippen LogP contribution >= 0.6 is 0 Å². The summed E-state index contributed by atoms with van der Waals surface area (Å²) in [4.78, 5) is 0. The van der Waals surface area contributed by atoms with E-state index in [4.69, 9.17) is 0 Å². The number of hydrogen-bond donors (Lipinski definition) is 1. The van der Waals surface area contributed by atoms with Crippen LogP contribution in [0.3, 0.4) is 0 Å². The molecule has 0 aliphatic heterocycles. The van der Waals surface area contributed by atoms with E-state index in [2.05, 4.69) is 22.1 Å². The van der Waals surface area contributed by atoms with Crippen LogP contribution in [0.25, 0.3) is 0 Å². The summed E-state index contributed by atoms with van der Waals surface area (Å²) in [6, 6.07) is 0. The van der Waals surface area contributed by atoms with Gasteiger partial charge in [0, 0.05) is 13.6 Å². The average Bonchev–Trinajstić information content (AvgIpc) is 2.83. The van der Waals surface area contributed by atoms with Crippen molar-refractivity contribution >= 4 is 5.82 Å². The highest BCUT2D eigenvalue weighted by Crippen LogP contribution is 2.38. The van der Waals surface area contributed by atoms with E-state index in [1.807, 2.05) is 0 Å². The molecule has 0 amide bonds. The fourth-order valence-corrected chi connectivity index (χ4v) is 2.47. The molecule has 102 valence electrons. The SMILES string of the molecule is Cn1cc(OC(F)F)c(NCC2(C)CCCC2)n1. The topological polar surface area (TPSA) is 39.1 Å². The van der Waals surface area contributed by atoms with Gasteiger partial charge < -0.3 is 10.1 Å². The van der Waals surface area contributed by atoms with Crippen molar-refractivity contribution in [1.82, 2.24) is 9.78 Å². The molecule has 2 rings (SSSR count). The van der Waals surface area contributed by atoms with E-state index in [0.29, 0.717) is 5.82 Å². The lowest BCUT2D eigenvalue weighted by molar-refractivity contribution is -0.0494. The van der Waals surface area contributed by atoms with Crippen molar-refractivity contribution in [1.29, 1.82) is 0 Å². The molecule has 0 spiro atoms. The van der Waals surface area contributed by atoms with E-state index in [1.165, 1.54) is 23.7 Å². The first kappa shape index (κ1) is 13.1. The Labute approximate surface area is 105 Å². The van der Waals surface area contributed by atoms with E-state index in [1.54, 1.807) is 7.05 Å². The van der Waals surface area contributed by atoms with Crippen LogP contribution in [0.4, 0.5) is 14.6 Å². The van der Waals surface area contributed by atoms with Gasteiger partial charge in [0.1, 0.15) is 0 Å². The number of alkyl halides is 2. The van der Waals surface area contributed by atoms with Gasteiger partial charge in [0.25, 0.3) is 0 Å². The molecule has 0 unspecified atom stereocenters. The Morgan fingerprint density at radius 3 is 2.78 bits per heavy atom. The molecular weight excluding hydrogens is 240 g/mol. The molecule has 1 saturated carbocycles. The van der Waals surface area contributed by atoms with Gasteiger partial charge in [-0.25, -0.2) is 0 Å². The highest BCUT2D eigenvalue weighted by molar-refractivity contribution is 5.48. The average molecular weight is 259 g/mol. The number of nitrogens with zero attached hydrogens (tertiary/aromatic N) is 2. The lowest BCUT2D eigenvalue weighted by Gasteiger charge is -2.23. The summed E-state index contributed by atoms with van der Waals surface area (Å²) in [5.41, 5.74) is 0.236. The molecule has 1 aliphatic carbocycles. The van der Waals surface area contributed by atoms with Crippen molar-refractivity contribution < 1.29 is 13.5 Å². The number of rotatable bonds is 5. The van der Waals surface area contributed by atoms with E-state index < -0.39 is 6.61 Å².